The molecule has 8 nitrogen and oxygen atoms in total. The highest BCUT2D eigenvalue weighted by molar-refractivity contribution is 5.84. The molecule has 1 unspecified atom stereocenters. The second-order valence-electron chi connectivity index (χ2n) is 6.70. The predicted molar refractivity (Wildman–Crippen MR) is 107 cm³/mol. The van der Waals surface area contributed by atoms with Crippen LogP contribution in [0, 0.1) is 13.8 Å². The molecule has 0 aliphatic heterocycles. The van der Waals surface area contributed by atoms with Crippen LogP contribution in [-0.2, 0) is 9.53 Å². The number of fused-ring (bicyclic) bond motifs is 1. The number of aromatic nitrogens is 4. The van der Waals surface area contributed by atoms with Crippen molar-refractivity contribution in [1.29, 1.82) is 0 Å². The summed E-state index contributed by atoms with van der Waals surface area (Å²) in [5.74, 6) is -0.260. The van der Waals surface area contributed by atoms with E-state index in [4.69, 9.17) is 4.74 Å². The molecule has 0 spiro atoms. The zero-order valence-corrected chi connectivity index (χ0v) is 16.6. The molecule has 1 atom stereocenters. The summed E-state index contributed by atoms with van der Waals surface area (Å²) >= 11 is 0. The van der Waals surface area contributed by atoms with E-state index in [9.17, 15) is 9.59 Å². The fraction of sp³-hybridized carbons (Fsp3) is 0.400. The molecule has 3 rings (SSSR count). The Kier molecular flexibility index (Phi) is 5.89. The van der Waals surface area contributed by atoms with Crippen LogP contribution in [0.15, 0.2) is 35.1 Å². The molecule has 148 valence electrons. The molecule has 0 aliphatic carbocycles. The van der Waals surface area contributed by atoms with E-state index in [-0.39, 0.29) is 11.5 Å². The summed E-state index contributed by atoms with van der Waals surface area (Å²) in [6.45, 7) is 6.44. The Labute approximate surface area is 163 Å². The number of carbonyl (C=O) groups is 1. The third-order valence-corrected chi connectivity index (χ3v) is 4.72. The van der Waals surface area contributed by atoms with Crippen LogP contribution in [0.2, 0.25) is 0 Å². The third kappa shape index (κ3) is 3.68. The van der Waals surface area contributed by atoms with Gasteiger partial charge in [0.1, 0.15) is 6.04 Å². The summed E-state index contributed by atoms with van der Waals surface area (Å²) in [6.07, 6.45) is 0.704. The summed E-state index contributed by atoms with van der Waals surface area (Å²) in [7, 11) is 1.61. The molecule has 8 heteroatoms. The van der Waals surface area contributed by atoms with Crippen molar-refractivity contribution in [2.45, 2.75) is 33.2 Å². The van der Waals surface area contributed by atoms with E-state index in [0.717, 1.165) is 16.8 Å². The Bertz CT molecular complexity index is 1040. The van der Waals surface area contributed by atoms with Crippen molar-refractivity contribution in [3.8, 4) is 5.69 Å². The standard InChI is InChI=1S/C20H25N5O3/c1-13-17-14(2)24(16-9-6-5-7-10-16)23-18(17)20(27)25(22-13)15(3)19(26)21-11-8-12-28-4/h5-7,9-10,15H,8,11-12H2,1-4H3,(H,21,26). The van der Waals surface area contributed by atoms with Gasteiger partial charge in [0.05, 0.1) is 22.5 Å². The molecule has 28 heavy (non-hydrogen) atoms. The van der Waals surface area contributed by atoms with Gasteiger partial charge in [0.25, 0.3) is 5.56 Å². The number of nitrogens with one attached hydrogen (secondary N) is 1. The highest BCUT2D eigenvalue weighted by Crippen LogP contribution is 2.21. The van der Waals surface area contributed by atoms with Gasteiger partial charge in [0, 0.05) is 20.3 Å². The van der Waals surface area contributed by atoms with Gasteiger partial charge in [-0.05, 0) is 39.3 Å². The van der Waals surface area contributed by atoms with E-state index in [0.29, 0.717) is 30.8 Å². The predicted octanol–water partition coefficient (Wildman–Crippen LogP) is 1.91. The Morgan fingerprint density at radius 3 is 2.61 bits per heavy atom. The van der Waals surface area contributed by atoms with Crippen LogP contribution in [0.25, 0.3) is 16.6 Å². The molecule has 0 aliphatic rings. The molecule has 1 N–H and O–H groups in total. The van der Waals surface area contributed by atoms with Crippen molar-refractivity contribution in [2.24, 2.45) is 0 Å². The van der Waals surface area contributed by atoms with Gasteiger partial charge in [-0.15, -0.1) is 0 Å². The summed E-state index contributed by atoms with van der Waals surface area (Å²) in [6, 6.07) is 8.88. The number of nitrogens with zero attached hydrogens (tertiary/aromatic N) is 4. The molecule has 0 saturated heterocycles. The van der Waals surface area contributed by atoms with Gasteiger partial charge in [0.15, 0.2) is 5.52 Å². The number of carbonyl (C=O) groups excluding carboxylic acids is 1. The van der Waals surface area contributed by atoms with Crippen LogP contribution in [0.1, 0.15) is 30.8 Å². The van der Waals surface area contributed by atoms with E-state index in [2.05, 4.69) is 15.5 Å². The van der Waals surface area contributed by atoms with Gasteiger partial charge in [0.2, 0.25) is 5.91 Å². The Hall–Kier alpha value is -3.00. The average Bonchev–Trinajstić information content (AvgIpc) is 3.06. The minimum Gasteiger partial charge on any atom is -0.385 e. The van der Waals surface area contributed by atoms with Crippen LogP contribution in [0.4, 0.5) is 0 Å². The average molecular weight is 383 g/mol. The number of hydrogen-bond donors (Lipinski definition) is 1. The van der Waals surface area contributed by atoms with Gasteiger partial charge in [-0.25, -0.2) is 9.36 Å². The fourth-order valence-electron chi connectivity index (χ4n) is 3.22. The first kappa shape index (κ1) is 19.8. The van der Waals surface area contributed by atoms with Crippen LogP contribution < -0.4 is 10.9 Å². The third-order valence-electron chi connectivity index (χ3n) is 4.72. The summed E-state index contributed by atoms with van der Waals surface area (Å²) in [4.78, 5) is 25.4. The second-order valence-corrected chi connectivity index (χ2v) is 6.70. The lowest BCUT2D eigenvalue weighted by atomic mass is 10.2. The number of aryl methyl sites for hydroxylation is 2. The molecule has 1 aromatic carbocycles. The highest BCUT2D eigenvalue weighted by atomic mass is 16.5. The molecule has 2 heterocycles. The highest BCUT2D eigenvalue weighted by Gasteiger charge is 2.22. The quantitative estimate of drug-likeness (QED) is 0.630. The number of benzene rings is 1. The molecule has 1 amide bonds. The van der Waals surface area contributed by atoms with E-state index < -0.39 is 6.04 Å². The molecule has 0 bridgehead atoms. The minimum absolute atomic E-state index is 0.260. The van der Waals surface area contributed by atoms with Gasteiger partial charge >= 0.3 is 0 Å². The zero-order valence-electron chi connectivity index (χ0n) is 16.6. The number of para-hydroxylation sites is 1. The summed E-state index contributed by atoms with van der Waals surface area (Å²) < 4.78 is 7.92. The SMILES string of the molecule is COCCCNC(=O)C(C)n1nc(C)c2c(C)n(-c3ccccc3)nc2c1=O. The first-order valence-electron chi connectivity index (χ1n) is 9.26. The largest absolute Gasteiger partial charge is 0.385 e. The molecule has 2 aromatic heterocycles. The number of amides is 1. The molecule has 0 fully saturated rings. The lowest BCUT2D eigenvalue weighted by molar-refractivity contribution is -0.124. The second kappa shape index (κ2) is 8.35. The van der Waals surface area contributed by atoms with Crippen molar-refractivity contribution in [3.63, 3.8) is 0 Å². The van der Waals surface area contributed by atoms with Crippen molar-refractivity contribution < 1.29 is 9.53 Å². The van der Waals surface area contributed by atoms with E-state index in [1.165, 1.54) is 4.68 Å². The van der Waals surface area contributed by atoms with Crippen molar-refractivity contribution in [3.05, 3.63) is 52.1 Å². The van der Waals surface area contributed by atoms with E-state index >= 15 is 0 Å². The zero-order chi connectivity index (χ0) is 20.3. The number of methoxy groups -OCH3 is 1. The Morgan fingerprint density at radius 1 is 1.21 bits per heavy atom. The van der Waals surface area contributed by atoms with Crippen LogP contribution >= 0.6 is 0 Å². The maximum Gasteiger partial charge on any atom is 0.295 e. The first-order chi connectivity index (χ1) is 13.5. The molecular formula is C20H25N5O3. The minimum atomic E-state index is -0.736. The number of hydrogen-bond acceptors (Lipinski definition) is 5. The maximum absolute atomic E-state index is 13.0. The number of rotatable bonds is 7. The molecular weight excluding hydrogens is 358 g/mol. The maximum atomic E-state index is 13.0. The molecule has 0 saturated carbocycles. The summed E-state index contributed by atoms with van der Waals surface area (Å²) in [5, 5.41) is 12.5. The first-order valence-corrected chi connectivity index (χ1v) is 9.26. The Morgan fingerprint density at radius 2 is 1.93 bits per heavy atom. The topological polar surface area (TPSA) is 91.0 Å². The lowest BCUT2D eigenvalue weighted by Crippen LogP contribution is -2.38. The molecule has 0 radical (unpaired) electrons. The van der Waals surface area contributed by atoms with Gasteiger partial charge in [-0.3, -0.25) is 9.59 Å². The van der Waals surface area contributed by atoms with E-state index in [1.807, 2.05) is 44.2 Å². The Balaban J connectivity index is 1.99. The smallest absolute Gasteiger partial charge is 0.295 e. The van der Waals surface area contributed by atoms with Crippen molar-refractivity contribution >= 4 is 16.8 Å². The van der Waals surface area contributed by atoms with Crippen molar-refractivity contribution in [1.82, 2.24) is 24.9 Å². The van der Waals surface area contributed by atoms with Crippen LogP contribution in [0.5, 0.6) is 0 Å². The van der Waals surface area contributed by atoms with E-state index in [1.54, 1.807) is 18.7 Å². The van der Waals surface area contributed by atoms with Gasteiger partial charge < -0.3 is 10.1 Å². The van der Waals surface area contributed by atoms with Crippen LogP contribution in [-0.4, -0.2) is 45.7 Å². The van der Waals surface area contributed by atoms with Crippen molar-refractivity contribution in [2.75, 3.05) is 20.3 Å². The van der Waals surface area contributed by atoms with Crippen LogP contribution in [0.3, 0.4) is 0 Å². The molecule has 3 aromatic rings. The number of ether oxygens (including phenoxy) is 1. The fourth-order valence-corrected chi connectivity index (χ4v) is 3.22. The summed E-state index contributed by atoms with van der Waals surface area (Å²) in [5.41, 5.74) is 2.30. The monoisotopic (exact) mass is 383 g/mol. The lowest BCUT2D eigenvalue weighted by Gasteiger charge is -2.14. The van der Waals surface area contributed by atoms with Gasteiger partial charge in [-0.1, -0.05) is 18.2 Å². The normalized spacial score (nSPS) is 12.3. The van der Waals surface area contributed by atoms with Gasteiger partial charge in [-0.2, -0.15) is 10.2 Å².